The number of hydrogen-bond acceptors (Lipinski definition) is 1. The summed E-state index contributed by atoms with van der Waals surface area (Å²) in [5, 5.41) is 3.93. The highest BCUT2D eigenvalue weighted by molar-refractivity contribution is 9.11. The zero-order valence-corrected chi connectivity index (χ0v) is 13.6. The van der Waals surface area contributed by atoms with Crippen LogP contribution in [0.5, 0.6) is 0 Å². The molecule has 4 bridgehead atoms. The highest BCUT2D eigenvalue weighted by atomic mass is 79.9. The molecule has 0 aromatic rings. The summed E-state index contributed by atoms with van der Waals surface area (Å²) in [4.78, 5) is 0. The van der Waals surface area contributed by atoms with Gasteiger partial charge in [-0.25, -0.2) is 0 Å². The molecule has 1 N–H and O–H groups in total. The Kier molecular flexibility index (Phi) is 4.19. The zero-order valence-electron chi connectivity index (χ0n) is 12.0. The van der Waals surface area contributed by atoms with Gasteiger partial charge in [-0.2, -0.15) is 0 Å². The van der Waals surface area contributed by atoms with Gasteiger partial charge in [-0.15, -0.1) is 0 Å². The van der Waals surface area contributed by atoms with Gasteiger partial charge in [-0.3, -0.25) is 0 Å². The van der Waals surface area contributed by atoms with Gasteiger partial charge in [0.25, 0.3) is 0 Å². The van der Waals surface area contributed by atoms with Crippen LogP contribution in [0.15, 0.2) is 22.7 Å². The van der Waals surface area contributed by atoms with Gasteiger partial charge >= 0.3 is 0 Å². The first-order valence-corrected chi connectivity index (χ1v) is 8.72. The lowest BCUT2D eigenvalue weighted by Gasteiger charge is -2.57. The second kappa shape index (κ2) is 5.73. The Balaban J connectivity index is 1.49. The first-order valence-electron chi connectivity index (χ1n) is 7.92. The summed E-state index contributed by atoms with van der Waals surface area (Å²) in [5.74, 6) is 3.14. The van der Waals surface area contributed by atoms with Crippen molar-refractivity contribution in [3.63, 3.8) is 0 Å². The number of hydrogen-bond donors (Lipinski definition) is 1. The van der Waals surface area contributed by atoms with E-state index in [1.165, 1.54) is 43.0 Å². The average molecular weight is 324 g/mol. The molecule has 1 nitrogen and oxygen atoms in total. The van der Waals surface area contributed by atoms with Crippen molar-refractivity contribution in [1.29, 1.82) is 0 Å². The smallest absolute Gasteiger partial charge is 0.0189 e. The molecule has 0 atom stereocenters. The molecule has 4 rings (SSSR count). The summed E-state index contributed by atoms with van der Waals surface area (Å²) in [6.07, 6.45) is 16.7. The van der Waals surface area contributed by atoms with E-state index in [9.17, 15) is 0 Å². The molecule has 106 valence electrons. The van der Waals surface area contributed by atoms with E-state index in [1.54, 1.807) is 0 Å². The highest BCUT2D eigenvalue weighted by Crippen LogP contribution is 2.55. The first-order chi connectivity index (χ1) is 9.19. The lowest BCUT2D eigenvalue weighted by atomic mass is 9.53. The highest BCUT2D eigenvalue weighted by Gasteiger charge is 2.50. The fourth-order valence-electron chi connectivity index (χ4n) is 5.04. The van der Waals surface area contributed by atoms with E-state index in [2.05, 4.69) is 46.4 Å². The topological polar surface area (TPSA) is 12.0 Å². The molecule has 0 unspecified atom stereocenters. The third-order valence-electron chi connectivity index (χ3n) is 5.40. The van der Waals surface area contributed by atoms with E-state index in [0.717, 1.165) is 30.7 Å². The van der Waals surface area contributed by atoms with Gasteiger partial charge < -0.3 is 5.32 Å². The molecule has 19 heavy (non-hydrogen) atoms. The second-order valence-electron chi connectivity index (χ2n) is 6.99. The van der Waals surface area contributed by atoms with Crippen molar-refractivity contribution in [2.24, 2.45) is 17.8 Å². The van der Waals surface area contributed by atoms with Gasteiger partial charge in [0.15, 0.2) is 0 Å². The fourth-order valence-corrected chi connectivity index (χ4v) is 5.23. The summed E-state index contributed by atoms with van der Waals surface area (Å²) in [7, 11) is 0. The third kappa shape index (κ3) is 3.16. The van der Waals surface area contributed by atoms with Gasteiger partial charge in [0, 0.05) is 10.0 Å². The SMILES string of the molecule is CC=C(Br)C=CCCNC12CC3CC(CC(C3)C1)C2. The van der Waals surface area contributed by atoms with Gasteiger partial charge in [0.1, 0.15) is 0 Å². The minimum Gasteiger partial charge on any atom is -0.311 e. The Labute approximate surface area is 126 Å². The van der Waals surface area contributed by atoms with E-state index in [1.807, 2.05) is 0 Å². The number of nitrogens with one attached hydrogen (secondary N) is 1. The molecule has 4 aliphatic rings. The van der Waals surface area contributed by atoms with E-state index in [-0.39, 0.29) is 0 Å². The molecule has 0 saturated heterocycles. The maximum absolute atomic E-state index is 3.93. The fraction of sp³-hybridized carbons (Fsp3) is 0.765. The van der Waals surface area contributed by atoms with Crippen molar-refractivity contribution < 1.29 is 0 Å². The predicted octanol–water partition coefficient (Wildman–Crippen LogP) is 4.79. The normalized spacial score (nSPS) is 41.4. The van der Waals surface area contributed by atoms with E-state index in [0.29, 0.717) is 5.54 Å². The number of allylic oxidation sites excluding steroid dienone is 3. The molecule has 0 aliphatic heterocycles. The summed E-state index contributed by atoms with van der Waals surface area (Å²) in [6.45, 7) is 3.20. The van der Waals surface area contributed by atoms with Gasteiger partial charge in [0.2, 0.25) is 0 Å². The minimum atomic E-state index is 0.528. The maximum Gasteiger partial charge on any atom is 0.0189 e. The molecule has 0 aromatic heterocycles. The summed E-state index contributed by atoms with van der Waals surface area (Å²) >= 11 is 3.51. The van der Waals surface area contributed by atoms with Crippen molar-refractivity contribution >= 4 is 15.9 Å². The molecule has 4 aliphatic carbocycles. The number of rotatable bonds is 5. The Bertz CT molecular complexity index is 347. The van der Waals surface area contributed by atoms with Crippen molar-refractivity contribution in [2.75, 3.05) is 6.54 Å². The van der Waals surface area contributed by atoms with E-state index in [4.69, 9.17) is 0 Å². The Hall–Kier alpha value is -0.0800. The van der Waals surface area contributed by atoms with Gasteiger partial charge in [-0.1, -0.05) is 34.2 Å². The molecule has 0 heterocycles. The van der Waals surface area contributed by atoms with Crippen LogP contribution in [0.4, 0.5) is 0 Å². The molecular weight excluding hydrogens is 298 g/mol. The van der Waals surface area contributed by atoms with Crippen molar-refractivity contribution in [3.8, 4) is 0 Å². The van der Waals surface area contributed by atoms with Gasteiger partial charge in [0.05, 0.1) is 0 Å². The zero-order chi connectivity index (χ0) is 13.3. The summed E-state index contributed by atoms with van der Waals surface area (Å²) in [5.41, 5.74) is 0.528. The lowest BCUT2D eigenvalue weighted by Crippen LogP contribution is -2.58. The average Bonchev–Trinajstić information content (AvgIpc) is 2.36. The predicted molar refractivity (Wildman–Crippen MR) is 85.3 cm³/mol. The van der Waals surface area contributed by atoms with Crippen LogP contribution in [0.3, 0.4) is 0 Å². The van der Waals surface area contributed by atoms with Crippen LogP contribution in [0.25, 0.3) is 0 Å². The van der Waals surface area contributed by atoms with Crippen LogP contribution in [0, 0.1) is 17.8 Å². The van der Waals surface area contributed by atoms with Crippen LogP contribution in [-0.4, -0.2) is 12.1 Å². The first kappa shape index (κ1) is 13.9. The molecule has 0 radical (unpaired) electrons. The van der Waals surface area contributed by atoms with Gasteiger partial charge in [-0.05, 0) is 76.2 Å². The maximum atomic E-state index is 3.93. The summed E-state index contributed by atoms with van der Waals surface area (Å²) < 4.78 is 1.18. The van der Waals surface area contributed by atoms with Crippen LogP contribution in [-0.2, 0) is 0 Å². The quantitative estimate of drug-likeness (QED) is 0.566. The van der Waals surface area contributed by atoms with Crippen LogP contribution < -0.4 is 5.32 Å². The summed E-state index contributed by atoms with van der Waals surface area (Å²) in [6, 6.07) is 0. The standard InChI is InChI=1S/C17H26BrN/c1-2-16(18)5-3-4-6-19-17-10-13-7-14(11-17)9-15(8-13)12-17/h2-3,5,13-15,19H,4,6-12H2,1H3. The Morgan fingerprint density at radius 2 is 1.74 bits per heavy atom. The molecule has 0 spiro atoms. The molecule has 0 aromatic carbocycles. The van der Waals surface area contributed by atoms with E-state index >= 15 is 0 Å². The molecule has 4 fully saturated rings. The molecule has 0 amide bonds. The third-order valence-corrected chi connectivity index (χ3v) is 6.12. The molecule has 2 heteroatoms. The molecular formula is C17H26BrN. The molecule has 4 saturated carbocycles. The van der Waals surface area contributed by atoms with Crippen LogP contribution >= 0.6 is 15.9 Å². The van der Waals surface area contributed by atoms with Crippen molar-refractivity contribution in [1.82, 2.24) is 5.32 Å². The minimum absolute atomic E-state index is 0.528. The monoisotopic (exact) mass is 323 g/mol. The lowest BCUT2D eigenvalue weighted by molar-refractivity contribution is -0.0192. The largest absolute Gasteiger partial charge is 0.311 e. The second-order valence-corrected chi connectivity index (χ2v) is 7.90. The van der Waals surface area contributed by atoms with Crippen molar-refractivity contribution in [3.05, 3.63) is 22.7 Å². The Morgan fingerprint density at radius 1 is 1.16 bits per heavy atom. The van der Waals surface area contributed by atoms with Crippen LogP contribution in [0.1, 0.15) is 51.9 Å². The Morgan fingerprint density at radius 3 is 2.26 bits per heavy atom. The van der Waals surface area contributed by atoms with Crippen LogP contribution in [0.2, 0.25) is 0 Å². The van der Waals surface area contributed by atoms with E-state index < -0.39 is 0 Å². The number of halogens is 1. The van der Waals surface area contributed by atoms with Crippen molar-refractivity contribution in [2.45, 2.75) is 57.4 Å².